The molecule has 2 aromatic rings. The maximum atomic E-state index is 14.4. The highest BCUT2D eigenvalue weighted by molar-refractivity contribution is 7.09. The van der Waals surface area contributed by atoms with Crippen LogP contribution in [-0.4, -0.2) is 6.04 Å². The number of benzene rings is 1. The van der Waals surface area contributed by atoms with Crippen LogP contribution in [0.2, 0.25) is 0 Å². The van der Waals surface area contributed by atoms with Crippen molar-refractivity contribution in [2.24, 2.45) is 5.73 Å². The third-order valence-corrected chi connectivity index (χ3v) is 4.20. The van der Waals surface area contributed by atoms with E-state index < -0.39 is 0 Å². The van der Waals surface area contributed by atoms with Crippen molar-refractivity contribution >= 4 is 17.0 Å². The molecule has 108 valence electrons. The predicted octanol–water partition coefficient (Wildman–Crippen LogP) is 4.32. The monoisotopic (exact) mass is 292 g/mol. The highest BCUT2D eigenvalue weighted by Gasteiger charge is 2.16. The Morgan fingerprint density at radius 3 is 2.50 bits per heavy atom. The summed E-state index contributed by atoms with van der Waals surface area (Å²) < 4.78 is 14.4. The third kappa shape index (κ3) is 3.38. The standard InChI is InChI=1S/C16H21FN2S/c1-11(2)19(10-14-5-4-8-20-14)16-7-6-13(12(3)18)9-15(16)17/h4-9,11-12H,10,18H2,1-3H3. The summed E-state index contributed by atoms with van der Waals surface area (Å²) in [5.74, 6) is -0.204. The minimum absolute atomic E-state index is 0.150. The van der Waals surface area contributed by atoms with Crippen molar-refractivity contribution in [3.8, 4) is 0 Å². The van der Waals surface area contributed by atoms with Crippen LogP contribution in [0, 0.1) is 5.82 Å². The molecular formula is C16H21FN2S. The molecular weight excluding hydrogens is 271 g/mol. The van der Waals surface area contributed by atoms with E-state index in [2.05, 4.69) is 24.8 Å². The van der Waals surface area contributed by atoms with Gasteiger partial charge in [0.05, 0.1) is 12.2 Å². The lowest BCUT2D eigenvalue weighted by molar-refractivity contribution is 0.596. The maximum Gasteiger partial charge on any atom is 0.146 e. The molecule has 1 aromatic carbocycles. The van der Waals surface area contributed by atoms with Gasteiger partial charge in [0.2, 0.25) is 0 Å². The summed E-state index contributed by atoms with van der Waals surface area (Å²) in [6.45, 7) is 6.74. The molecule has 0 amide bonds. The largest absolute Gasteiger partial charge is 0.362 e. The van der Waals surface area contributed by atoms with Gasteiger partial charge >= 0.3 is 0 Å². The Morgan fingerprint density at radius 2 is 2.00 bits per heavy atom. The van der Waals surface area contributed by atoms with Crippen LogP contribution in [0.5, 0.6) is 0 Å². The van der Waals surface area contributed by atoms with Gasteiger partial charge in [-0.05, 0) is 49.9 Å². The van der Waals surface area contributed by atoms with Gasteiger partial charge in [-0.2, -0.15) is 0 Å². The zero-order valence-corrected chi connectivity index (χ0v) is 13.0. The highest BCUT2D eigenvalue weighted by Crippen LogP contribution is 2.27. The van der Waals surface area contributed by atoms with Gasteiger partial charge in [0.25, 0.3) is 0 Å². The molecule has 20 heavy (non-hydrogen) atoms. The first-order valence-electron chi connectivity index (χ1n) is 6.83. The van der Waals surface area contributed by atoms with Gasteiger partial charge in [-0.15, -0.1) is 11.3 Å². The number of nitrogens with two attached hydrogens (primary N) is 1. The van der Waals surface area contributed by atoms with Gasteiger partial charge in [-0.25, -0.2) is 4.39 Å². The van der Waals surface area contributed by atoms with Crippen LogP contribution in [-0.2, 0) is 6.54 Å². The average molecular weight is 292 g/mol. The van der Waals surface area contributed by atoms with Crippen LogP contribution >= 0.6 is 11.3 Å². The predicted molar refractivity (Wildman–Crippen MR) is 84.6 cm³/mol. The molecule has 0 aliphatic carbocycles. The van der Waals surface area contributed by atoms with Crippen molar-refractivity contribution < 1.29 is 4.39 Å². The molecule has 2 N–H and O–H groups in total. The van der Waals surface area contributed by atoms with Crippen molar-refractivity contribution in [1.82, 2.24) is 0 Å². The zero-order chi connectivity index (χ0) is 14.7. The SMILES string of the molecule is CC(N)c1ccc(N(Cc2cccs2)C(C)C)c(F)c1. The number of hydrogen-bond donors (Lipinski definition) is 1. The second-order valence-corrected chi connectivity index (χ2v) is 6.33. The lowest BCUT2D eigenvalue weighted by atomic mass is 10.1. The molecule has 1 unspecified atom stereocenters. The van der Waals surface area contributed by atoms with Gasteiger partial charge in [-0.1, -0.05) is 12.1 Å². The fourth-order valence-corrected chi connectivity index (χ4v) is 2.86. The summed E-state index contributed by atoms with van der Waals surface area (Å²) in [5.41, 5.74) is 7.26. The molecule has 0 aliphatic heterocycles. The molecule has 0 saturated carbocycles. The molecule has 0 spiro atoms. The van der Waals surface area contributed by atoms with Gasteiger partial charge in [-0.3, -0.25) is 0 Å². The lowest BCUT2D eigenvalue weighted by Crippen LogP contribution is -2.30. The van der Waals surface area contributed by atoms with Gasteiger partial charge < -0.3 is 10.6 Å². The fraction of sp³-hybridized carbons (Fsp3) is 0.375. The molecule has 2 rings (SSSR count). The van der Waals surface area contributed by atoms with Crippen molar-refractivity contribution in [1.29, 1.82) is 0 Å². The van der Waals surface area contributed by atoms with Crippen LogP contribution in [0.3, 0.4) is 0 Å². The topological polar surface area (TPSA) is 29.3 Å². The molecule has 0 radical (unpaired) electrons. The maximum absolute atomic E-state index is 14.4. The van der Waals surface area contributed by atoms with E-state index in [0.29, 0.717) is 5.69 Å². The Hall–Kier alpha value is -1.39. The summed E-state index contributed by atoms with van der Waals surface area (Å²) in [4.78, 5) is 3.31. The smallest absolute Gasteiger partial charge is 0.146 e. The average Bonchev–Trinajstić information content (AvgIpc) is 2.89. The first-order valence-corrected chi connectivity index (χ1v) is 7.71. The fourth-order valence-electron chi connectivity index (χ4n) is 2.16. The molecule has 1 heterocycles. The Labute approximate surface area is 124 Å². The summed E-state index contributed by atoms with van der Waals surface area (Å²) in [6, 6.07) is 9.47. The van der Waals surface area contributed by atoms with E-state index in [4.69, 9.17) is 5.73 Å². The van der Waals surface area contributed by atoms with Crippen LogP contribution in [0.4, 0.5) is 10.1 Å². The second-order valence-electron chi connectivity index (χ2n) is 5.30. The quantitative estimate of drug-likeness (QED) is 0.889. The minimum Gasteiger partial charge on any atom is -0.362 e. The summed E-state index contributed by atoms with van der Waals surface area (Å²) in [7, 11) is 0. The van der Waals surface area contributed by atoms with E-state index in [1.54, 1.807) is 17.4 Å². The number of thiophene rings is 1. The van der Waals surface area contributed by atoms with E-state index in [9.17, 15) is 4.39 Å². The Balaban J connectivity index is 2.30. The Bertz CT molecular complexity index is 550. The van der Waals surface area contributed by atoms with Crippen LogP contribution in [0.1, 0.15) is 37.3 Å². The van der Waals surface area contributed by atoms with Gasteiger partial charge in [0.15, 0.2) is 0 Å². The van der Waals surface area contributed by atoms with Gasteiger partial charge in [0.1, 0.15) is 5.82 Å². The second kappa shape index (κ2) is 6.37. The van der Waals surface area contributed by atoms with Crippen molar-refractivity contribution in [3.63, 3.8) is 0 Å². The van der Waals surface area contributed by atoms with E-state index >= 15 is 0 Å². The Morgan fingerprint density at radius 1 is 1.25 bits per heavy atom. The van der Waals surface area contributed by atoms with Crippen molar-refractivity contribution in [2.45, 2.75) is 39.4 Å². The number of hydrogen-bond acceptors (Lipinski definition) is 3. The molecule has 0 aliphatic rings. The van der Waals surface area contributed by atoms with Crippen LogP contribution in [0.15, 0.2) is 35.7 Å². The molecule has 0 fully saturated rings. The summed E-state index contributed by atoms with van der Waals surface area (Å²) >= 11 is 1.69. The highest BCUT2D eigenvalue weighted by atomic mass is 32.1. The number of anilines is 1. The minimum atomic E-state index is -0.204. The molecule has 0 saturated heterocycles. The van der Waals surface area contributed by atoms with Crippen molar-refractivity contribution in [2.75, 3.05) is 4.90 Å². The summed E-state index contributed by atoms with van der Waals surface area (Å²) in [6.07, 6.45) is 0. The molecule has 0 bridgehead atoms. The van der Waals surface area contributed by atoms with Crippen LogP contribution < -0.4 is 10.6 Å². The van der Waals surface area contributed by atoms with E-state index in [-0.39, 0.29) is 17.9 Å². The Kier molecular flexibility index (Phi) is 4.78. The number of nitrogens with zero attached hydrogens (tertiary/aromatic N) is 1. The summed E-state index contributed by atoms with van der Waals surface area (Å²) in [5, 5.41) is 2.05. The zero-order valence-electron chi connectivity index (χ0n) is 12.1. The third-order valence-electron chi connectivity index (χ3n) is 3.34. The normalized spacial score (nSPS) is 12.7. The molecule has 1 atom stereocenters. The first-order chi connectivity index (χ1) is 9.49. The molecule has 2 nitrogen and oxygen atoms in total. The number of halogens is 1. The van der Waals surface area contributed by atoms with Crippen molar-refractivity contribution in [3.05, 3.63) is 52.0 Å². The molecule has 4 heteroatoms. The van der Waals surface area contributed by atoms with Crippen LogP contribution in [0.25, 0.3) is 0 Å². The van der Waals surface area contributed by atoms with Gasteiger partial charge in [0, 0.05) is 17.0 Å². The van der Waals surface area contributed by atoms with E-state index in [1.807, 2.05) is 30.5 Å². The lowest BCUT2D eigenvalue weighted by Gasteiger charge is -2.29. The molecule has 1 aromatic heterocycles. The first kappa shape index (κ1) is 15.0. The van der Waals surface area contributed by atoms with E-state index in [0.717, 1.165) is 12.1 Å². The number of rotatable bonds is 5. The van der Waals surface area contributed by atoms with E-state index in [1.165, 1.54) is 4.88 Å².